The minimum Gasteiger partial charge on any atom is -0.482 e. The minimum absolute atomic E-state index is 0.151. The summed E-state index contributed by atoms with van der Waals surface area (Å²) in [6.07, 6.45) is 0.865. The van der Waals surface area contributed by atoms with Crippen molar-refractivity contribution in [2.75, 3.05) is 12.8 Å². The summed E-state index contributed by atoms with van der Waals surface area (Å²) in [6, 6.07) is 5.47. The Kier molecular flexibility index (Phi) is 5.80. The molecule has 3 rings (SSSR count). The zero-order valence-corrected chi connectivity index (χ0v) is 18.0. The normalized spacial score (nSPS) is 18.2. The van der Waals surface area contributed by atoms with Gasteiger partial charge in [0.2, 0.25) is 0 Å². The van der Waals surface area contributed by atoms with Crippen LogP contribution in [-0.2, 0) is 14.0 Å². The predicted molar refractivity (Wildman–Crippen MR) is 111 cm³/mol. The number of nitrogens with two attached hydrogens (primary N) is 1. The molecule has 0 amide bonds. The Morgan fingerprint density at radius 3 is 2.43 bits per heavy atom. The molecule has 0 unspecified atom stereocenters. The Morgan fingerprint density at radius 1 is 1.20 bits per heavy atom. The highest BCUT2D eigenvalue weighted by Crippen LogP contribution is 2.37. The summed E-state index contributed by atoms with van der Waals surface area (Å²) in [7, 11) is 0.622. The molecule has 0 aliphatic carbocycles. The molecule has 2 heterocycles. The standard InChI is InChI=1S/C21H26BFN2O5/c1-12(16-10-14(23)7-8-15(16)19(26)27-6)28-17-9-13(11-25-18(17)24)22-29-20(2,3)21(4,5)30-22/h7-12H,1-6H3,(H2,24,25)/t12-/m1/s1. The van der Waals surface area contributed by atoms with Crippen molar-refractivity contribution < 1.29 is 28.0 Å². The maximum atomic E-state index is 13.8. The Balaban J connectivity index is 1.89. The molecule has 2 N–H and O–H groups in total. The van der Waals surface area contributed by atoms with Gasteiger partial charge in [0.15, 0.2) is 11.6 Å². The Bertz CT molecular complexity index is 950. The van der Waals surface area contributed by atoms with Crippen molar-refractivity contribution in [2.45, 2.75) is 51.9 Å². The average molecular weight is 416 g/mol. The molecule has 160 valence electrons. The van der Waals surface area contributed by atoms with Gasteiger partial charge in [-0.2, -0.15) is 0 Å². The highest BCUT2D eigenvalue weighted by Gasteiger charge is 2.52. The molecule has 7 nitrogen and oxygen atoms in total. The van der Waals surface area contributed by atoms with Gasteiger partial charge in [0, 0.05) is 17.2 Å². The number of nitrogen functional groups attached to an aromatic ring is 1. The lowest BCUT2D eigenvalue weighted by Crippen LogP contribution is -2.41. The summed E-state index contributed by atoms with van der Waals surface area (Å²) in [5, 5.41) is 0. The zero-order chi connectivity index (χ0) is 22.3. The molecule has 1 aromatic heterocycles. The number of halogens is 1. The summed E-state index contributed by atoms with van der Waals surface area (Å²) in [6.45, 7) is 9.50. The van der Waals surface area contributed by atoms with E-state index in [-0.39, 0.29) is 17.1 Å². The van der Waals surface area contributed by atoms with Crippen LogP contribution < -0.4 is 15.9 Å². The second-order valence-electron chi connectivity index (χ2n) is 8.22. The van der Waals surface area contributed by atoms with Crippen molar-refractivity contribution in [1.82, 2.24) is 4.98 Å². The lowest BCUT2D eigenvalue weighted by molar-refractivity contribution is 0.00578. The Morgan fingerprint density at radius 2 is 1.83 bits per heavy atom. The van der Waals surface area contributed by atoms with Crippen molar-refractivity contribution in [1.29, 1.82) is 0 Å². The molecule has 1 fully saturated rings. The van der Waals surface area contributed by atoms with Gasteiger partial charge < -0.3 is 24.5 Å². The van der Waals surface area contributed by atoms with E-state index >= 15 is 0 Å². The molecule has 1 aromatic carbocycles. The van der Waals surface area contributed by atoms with Gasteiger partial charge in [-0.25, -0.2) is 14.2 Å². The van der Waals surface area contributed by atoms with Gasteiger partial charge in [-0.3, -0.25) is 0 Å². The molecule has 2 aromatic rings. The zero-order valence-electron chi connectivity index (χ0n) is 18.0. The number of benzene rings is 1. The van der Waals surface area contributed by atoms with Crippen LogP contribution in [0.1, 0.15) is 56.6 Å². The van der Waals surface area contributed by atoms with Crippen LogP contribution in [0, 0.1) is 5.82 Å². The van der Waals surface area contributed by atoms with Gasteiger partial charge >= 0.3 is 13.1 Å². The Hall–Kier alpha value is -2.65. The van der Waals surface area contributed by atoms with Crippen LogP contribution in [0.25, 0.3) is 0 Å². The van der Waals surface area contributed by atoms with Gasteiger partial charge in [0.25, 0.3) is 0 Å². The third kappa shape index (κ3) is 4.13. The lowest BCUT2D eigenvalue weighted by atomic mass is 9.80. The van der Waals surface area contributed by atoms with E-state index in [4.69, 9.17) is 24.5 Å². The maximum Gasteiger partial charge on any atom is 0.496 e. The second kappa shape index (κ2) is 7.88. The number of rotatable bonds is 5. The van der Waals surface area contributed by atoms with Crippen LogP contribution in [0.15, 0.2) is 30.5 Å². The van der Waals surface area contributed by atoms with E-state index in [0.29, 0.717) is 11.0 Å². The monoisotopic (exact) mass is 416 g/mol. The highest BCUT2D eigenvalue weighted by molar-refractivity contribution is 6.62. The molecule has 0 radical (unpaired) electrons. The van der Waals surface area contributed by atoms with E-state index in [9.17, 15) is 9.18 Å². The van der Waals surface area contributed by atoms with Crippen LogP contribution in [0.3, 0.4) is 0 Å². The number of carbonyl (C=O) groups excluding carboxylic acids is 1. The number of methoxy groups -OCH3 is 1. The third-order valence-corrected chi connectivity index (χ3v) is 5.59. The summed E-state index contributed by atoms with van der Waals surface area (Å²) < 4.78 is 36.7. The topological polar surface area (TPSA) is 92.9 Å². The van der Waals surface area contributed by atoms with Crippen molar-refractivity contribution in [3.05, 3.63) is 47.4 Å². The van der Waals surface area contributed by atoms with Crippen molar-refractivity contribution >= 4 is 24.4 Å². The number of nitrogens with zero attached hydrogens (tertiary/aromatic N) is 1. The van der Waals surface area contributed by atoms with Crippen LogP contribution in [0.4, 0.5) is 10.2 Å². The fourth-order valence-corrected chi connectivity index (χ4v) is 3.09. The number of hydrogen-bond donors (Lipinski definition) is 1. The number of anilines is 1. The highest BCUT2D eigenvalue weighted by atomic mass is 19.1. The predicted octanol–water partition coefficient (Wildman–Crippen LogP) is 3.03. The molecule has 1 atom stereocenters. The van der Waals surface area contributed by atoms with E-state index in [1.165, 1.54) is 25.3 Å². The third-order valence-electron chi connectivity index (χ3n) is 5.59. The Labute approximate surface area is 175 Å². The molecule has 0 saturated carbocycles. The molecular weight excluding hydrogens is 390 g/mol. The van der Waals surface area contributed by atoms with Gasteiger partial charge in [-0.05, 0) is 58.9 Å². The number of aromatic nitrogens is 1. The molecular formula is C21H26BFN2O5. The molecule has 1 aliphatic rings. The van der Waals surface area contributed by atoms with E-state index in [1.54, 1.807) is 19.2 Å². The van der Waals surface area contributed by atoms with Crippen LogP contribution in [-0.4, -0.2) is 36.4 Å². The van der Waals surface area contributed by atoms with Crippen LogP contribution in [0.2, 0.25) is 0 Å². The first-order valence-corrected chi connectivity index (χ1v) is 9.60. The number of esters is 1. The molecule has 1 aliphatic heterocycles. The van der Waals surface area contributed by atoms with E-state index in [0.717, 1.165) is 0 Å². The first-order chi connectivity index (χ1) is 13.9. The number of hydrogen-bond acceptors (Lipinski definition) is 7. The smallest absolute Gasteiger partial charge is 0.482 e. The minimum atomic E-state index is -0.701. The molecule has 9 heteroatoms. The van der Waals surface area contributed by atoms with Gasteiger partial charge in [-0.15, -0.1) is 0 Å². The summed E-state index contributed by atoms with van der Waals surface area (Å²) in [5.74, 6) is -0.657. The molecule has 0 spiro atoms. The SMILES string of the molecule is COC(=O)c1ccc(F)cc1[C@@H](C)Oc1cc(B2OC(C)(C)C(C)(C)O2)cnc1N. The van der Waals surface area contributed by atoms with Crippen molar-refractivity contribution in [3.63, 3.8) is 0 Å². The summed E-state index contributed by atoms with van der Waals surface area (Å²) >= 11 is 0. The van der Waals surface area contributed by atoms with Gasteiger partial charge in [0.1, 0.15) is 11.9 Å². The van der Waals surface area contributed by atoms with E-state index in [1.807, 2.05) is 27.7 Å². The number of ether oxygens (including phenoxy) is 2. The van der Waals surface area contributed by atoms with Crippen LogP contribution in [0.5, 0.6) is 5.75 Å². The summed E-state index contributed by atoms with van der Waals surface area (Å²) in [4.78, 5) is 16.2. The second-order valence-corrected chi connectivity index (χ2v) is 8.22. The van der Waals surface area contributed by atoms with Crippen molar-refractivity contribution in [2.24, 2.45) is 0 Å². The quantitative estimate of drug-likeness (QED) is 0.592. The fraction of sp³-hybridized carbons (Fsp3) is 0.429. The van der Waals surface area contributed by atoms with E-state index < -0.39 is 36.2 Å². The fourth-order valence-electron chi connectivity index (χ4n) is 3.09. The average Bonchev–Trinajstić information content (AvgIpc) is 2.90. The first kappa shape index (κ1) is 22.0. The van der Waals surface area contributed by atoms with E-state index in [2.05, 4.69) is 4.98 Å². The van der Waals surface area contributed by atoms with Crippen LogP contribution >= 0.6 is 0 Å². The largest absolute Gasteiger partial charge is 0.496 e. The summed E-state index contributed by atoms with van der Waals surface area (Å²) in [5.41, 5.74) is 6.15. The molecule has 30 heavy (non-hydrogen) atoms. The first-order valence-electron chi connectivity index (χ1n) is 9.60. The number of pyridine rings is 1. The van der Waals surface area contributed by atoms with Crippen molar-refractivity contribution in [3.8, 4) is 5.75 Å². The molecule has 1 saturated heterocycles. The van der Waals surface area contributed by atoms with Gasteiger partial charge in [-0.1, -0.05) is 0 Å². The maximum absolute atomic E-state index is 13.8. The lowest BCUT2D eigenvalue weighted by Gasteiger charge is -2.32. The number of carbonyl (C=O) groups is 1. The molecule has 0 bridgehead atoms. The van der Waals surface area contributed by atoms with Gasteiger partial charge in [0.05, 0.1) is 23.9 Å².